The lowest BCUT2D eigenvalue weighted by molar-refractivity contribution is 0.0771. The van der Waals surface area contributed by atoms with Gasteiger partial charge in [-0.3, -0.25) is 4.79 Å². The smallest absolute Gasteiger partial charge is 0.255 e. The van der Waals surface area contributed by atoms with Gasteiger partial charge in [-0.25, -0.2) is 9.37 Å². The summed E-state index contributed by atoms with van der Waals surface area (Å²) in [4.78, 5) is 18.3. The Kier molecular flexibility index (Phi) is 4.48. The molecule has 120 valence electrons. The van der Waals surface area contributed by atoms with Crippen molar-refractivity contribution < 1.29 is 13.9 Å². The van der Waals surface area contributed by atoms with Crippen molar-refractivity contribution in [2.75, 3.05) is 13.1 Å². The molecule has 1 aliphatic heterocycles. The predicted molar refractivity (Wildman–Crippen MR) is 85.3 cm³/mol. The number of pyridine rings is 1. The molecule has 1 aliphatic rings. The van der Waals surface area contributed by atoms with Gasteiger partial charge in [-0.1, -0.05) is 17.7 Å². The lowest BCUT2D eigenvalue weighted by Gasteiger charge is -2.17. The van der Waals surface area contributed by atoms with Crippen LogP contribution in [-0.4, -0.2) is 35.0 Å². The number of aryl methyl sites for hydroxylation is 1. The number of nitrogens with zero attached hydrogens (tertiary/aromatic N) is 2. The molecule has 1 aromatic heterocycles. The van der Waals surface area contributed by atoms with Crippen molar-refractivity contribution in [3.8, 4) is 5.88 Å². The molecule has 0 aliphatic carbocycles. The predicted octanol–water partition coefficient (Wildman–Crippen LogP) is 3.48. The van der Waals surface area contributed by atoms with E-state index >= 15 is 0 Å². The number of hydrogen-bond acceptors (Lipinski definition) is 3. The molecule has 0 saturated carbocycles. The molecule has 2 aromatic rings. The fourth-order valence-electron chi connectivity index (χ4n) is 2.54. The highest BCUT2D eigenvalue weighted by atomic mass is 35.5. The highest BCUT2D eigenvalue weighted by Crippen LogP contribution is 2.23. The molecule has 0 unspecified atom stereocenters. The number of likely N-dealkylation sites (tertiary alicyclic amines) is 1. The van der Waals surface area contributed by atoms with E-state index in [4.69, 9.17) is 16.3 Å². The van der Waals surface area contributed by atoms with Crippen LogP contribution in [0.2, 0.25) is 5.02 Å². The summed E-state index contributed by atoms with van der Waals surface area (Å²) in [5, 5.41) is 0.125. The number of carbonyl (C=O) groups is 1. The summed E-state index contributed by atoms with van der Waals surface area (Å²) in [5.74, 6) is -0.118. The second kappa shape index (κ2) is 6.54. The number of hydrogen-bond donors (Lipinski definition) is 0. The van der Waals surface area contributed by atoms with Gasteiger partial charge in [0.05, 0.1) is 17.1 Å². The number of ether oxygens (including phenoxy) is 1. The standard InChI is InChI=1S/C17H16ClFN2O2/c1-11-2-5-16(20-9-11)23-13-6-7-21(10-13)17(22)14-4-3-12(19)8-15(14)18/h2-5,8-9,13H,6-7,10H2,1H3/t13-/m1/s1. The van der Waals surface area contributed by atoms with Crippen LogP contribution < -0.4 is 4.74 Å². The molecule has 4 nitrogen and oxygen atoms in total. The molecule has 3 rings (SSSR count). The van der Waals surface area contributed by atoms with Crippen LogP contribution in [-0.2, 0) is 0 Å². The van der Waals surface area contributed by atoms with Gasteiger partial charge in [-0.05, 0) is 30.7 Å². The number of carbonyl (C=O) groups excluding carboxylic acids is 1. The lowest BCUT2D eigenvalue weighted by atomic mass is 10.2. The minimum absolute atomic E-state index is 0.103. The molecule has 1 saturated heterocycles. The summed E-state index contributed by atoms with van der Waals surface area (Å²) in [5.41, 5.74) is 1.37. The van der Waals surface area contributed by atoms with Crippen molar-refractivity contribution in [3.05, 3.63) is 58.5 Å². The number of benzene rings is 1. The number of amides is 1. The van der Waals surface area contributed by atoms with Crippen LogP contribution in [0.5, 0.6) is 5.88 Å². The summed E-state index contributed by atoms with van der Waals surface area (Å²) < 4.78 is 18.9. The van der Waals surface area contributed by atoms with Crippen LogP contribution in [0.15, 0.2) is 36.5 Å². The molecule has 0 spiro atoms. The first-order chi connectivity index (χ1) is 11.0. The van der Waals surface area contributed by atoms with Crippen molar-refractivity contribution >= 4 is 17.5 Å². The third-order valence-corrected chi connectivity index (χ3v) is 4.08. The minimum atomic E-state index is -0.459. The third kappa shape index (κ3) is 3.62. The van der Waals surface area contributed by atoms with E-state index < -0.39 is 5.82 Å². The molecule has 1 aromatic carbocycles. The molecular formula is C17H16ClFN2O2. The summed E-state index contributed by atoms with van der Waals surface area (Å²) in [7, 11) is 0. The van der Waals surface area contributed by atoms with Crippen LogP contribution in [0.3, 0.4) is 0 Å². The minimum Gasteiger partial charge on any atom is -0.472 e. The fourth-order valence-corrected chi connectivity index (χ4v) is 2.78. The Morgan fingerprint density at radius 1 is 1.39 bits per heavy atom. The van der Waals surface area contributed by atoms with Crippen LogP contribution in [0.4, 0.5) is 4.39 Å². The van der Waals surface area contributed by atoms with Gasteiger partial charge in [0.1, 0.15) is 11.9 Å². The highest BCUT2D eigenvalue weighted by Gasteiger charge is 2.29. The van der Waals surface area contributed by atoms with Crippen molar-refractivity contribution in [2.45, 2.75) is 19.4 Å². The Morgan fingerprint density at radius 2 is 2.22 bits per heavy atom. The van der Waals surface area contributed by atoms with Crippen molar-refractivity contribution in [1.29, 1.82) is 0 Å². The van der Waals surface area contributed by atoms with E-state index in [-0.39, 0.29) is 17.0 Å². The lowest BCUT2D eigenvalue weighted by Crippen LogP contribution is -2.31. The normalized spacial score (nSPS) is 17.3. The third-order valence-electron chi connectivity index (χ3n) is 3.77. The second-order valence-corrected chi connectivity index (χ2v) is 5.98. The van der Waals surface area contributed by atoms with E-state index in [1.807, 2.05) is 19.1 Å². The number of aromatic nitrogens is 1. The monoisotopic (exact) mass is 334 g/mol. The molecule has 1 amide bonds. The zero-order valence-electron chi connectivity index (χ0n) is 12.6. The summed E-state index contributed by atoms with van der Waals surface area (Å²) in [6.45, 7) is 2.99. The van der Waals surface area contributed by atoms with Gasteiger partial charge in [-0.15, -0.1) is 0 Å². The molecule has 0 N–H and O–H groups in total. The molecular weight excluding hydrogens is 319 g/mol. The first-order valence-electron chi connectivity index (χ1n) is 7.36. The summed E-state index contributed by atoms with van der Waals surface area (Å²) in [6, 6.07) is 7.54. The van der Waals surface area contributed by atoms with E-state index in [0.717, 1.165) is 18.1 Å². The van der Waals surface area contributed by atoms with Gasteiger partial charge < -0.3 is 9.64 Å². The molecule has 2 heterocycles. The number of halogens is 2. The summed E-state index contributed by atoms with van der Waals surface area (Å²) in [6.07, 6.45) is 2.36. The molecule has 0 radical (unpaired) electrons. The fraction of sp³-hybridized carbons (Fsp3) is 0.294. The largest absolute Gasteiger partial charge is 0.472 e. The molecule has 1 fully saturated rings. The second-order valence-electron chi connectivity index (χ2n) is 5.58. The SMILES string of the molecule is Cc1ccc(O[C@@H]2CCN(C(=O)c3ccc(F)cc3Cl)C2)nc1. The van der Waals surface area contributed by atoms with Gasteiger partial charge in [0, 0.05) is 25.2 Å². The van der Waals surface area contributed by atoms with Crippen LogP contribution in [0.25, 0.3) is 0 Å². The van der Waals surface area contributed by atoms with Crippen LogP contribution in [0.1, 0.15) is 22.3 Å². The average Bonchev–Trinajstić information content (AvgIpc) is 2.97. The molecule has 23 heavy (non-hydrogen) atoms. The topological polar surface area (TPSA) is 42.4 Å². The van der Waals surface area contributed by atoms with Gasteiger partial charge in [0.15, 0.2) is 0 Å². The van der Waals surface area contributed by atoms with E-state index in [1.54, 1.807) is 11.1 Å². The average molecular weight is 335 g/mol. The van der Waals surface area contributed by atoms with Crippen molar-refractivity contribution in [1.82, 2.24) is 9.88 Å². The maximum Gasteiger partial charge on any atom is 0.255 e. The Balaban J connectivity index is 1.65. The Bertz CT molecular complexity index is 721. The van der Waals surface area contributed by atoms with Crippen LogP contribution >= 0.6 is 11.6 Å². The van der Waals surface area contributed by atoms with Gasteiger partial charge in [-0.2, -0.15) is 0 Å². The number of rotatable bonds is 3. The molecule has 1 atom stereocenters. The van der Waals surface area contributed by atoms with Gasteiger partial charge in [0.25, 0.3) is 5.91 Å². The van der Waals surface area contributed by atoms with Crippen LogP contribution in [0, 0.1) is 12.7 Å². The summed E-state index contributed by atoms with van der Waals surface area (Å²) >= 11 is 5.96. The zero-order chi connectivity index (χ0) is 16.4. The highest BCUT2D eigenvalue weighted by molar-refractivity contribution is 6.33. The van der Waals surface area contributed by atoms with E-state index in [1.165, 1.54) is 12.1 Å². The van der Waals surface area contributed by atoms with E-state index in [9.17, 15) is 9.18 Å². The van der Waals surface area contributed by atoms with Gasteiger partial charge >= 0.3 is 0 Å². The first-order valence-corrected chi connectivity index (χ1v) is 7.74. The van der Waals surface area contributed by atoms with Crippen molar-refractivity contribution in [3.63, 3.8) is 0 Å². The van der Waals surface area contributed by atoms with E-state index in [0.29, 0.717) is 24.5 Å². The quantitative estimate of drug-likeness (QED) is 0.863. The maximum atomic E-state index is 13.1. The Labute approximate surface area is 138 Å². The molecule has 6 heteroatoms. The zero-order valence-corrected chi connectivity index (χ0v) is 13.4. The maximum absolute atomic E-state index is 13.1. The van der Waals surface area contributed by atoms with E-state index in [2.05, 4.69) is 4.98 Å². The Hall–Kier alpha value is -2.14. The first kappa shape index (κ1) is 15.7. The van der Waals surface area contributed by atoms with Crippen molar-refractivity contribution in [2.24, 2.45) is 0 Å². The molecule has 0 bridgehead atoms. The van der Waals surface area contributed by atoms with Gasteiger partial charge in [0.2, 0.25) is 5.88 Å². The Morgan fingerprint density at radius 3 is 2.91 bits per heavy atom.